The highest BCUT2D eigenvalue weighted by Crippen LogP contribution is 2.12. The van der Waals surface area contributed by atoms with Gasteiger partial charge in [-0.1, -0.05) is 30.4 Å². The minimum Gasteiger partial charge on any atom is -0.469 e. The topological polar surface area (TPSA) is 26.3 Å². The Balaban J connectivity index is 2.27. The summed E-state index contributed by atoms with van der Waals surface area (Å²) in [6.45, 7) is 0. The quantitative estimate of drug-likeness (QED) is 0.640. The first kappa shape index (κ1) is 10.8. The van der Waals surface area contributed by atoms with E-state index in [4.69, 9.17) is 0 Å². The third kappa shape index (κ3) is 4.08. The number of carbonyl (C=O) groups is 1. The Labute approximate surface area is 85.0 Å². The van der Waals surface area contributed by atoms with Gasteiger partial charge in [0.05, 0.1) is 7.11 Å². The van der Waals surface area contributed by atoms with Gasteiger partial charge >= 0.3 is 5.97 Å². The summed E-state index contributed by atoms with van der Waals surface area (Å²) in [5, 5.41) is 0. The monoisotopic (exact) mass is 192 g/mol. The van der Waals surface area contributed by atoms with E-state index in [0.29, 0.717) is 6.42 Å². The van der Waals surface area contributed by atoms with Crippen molar-refractivity contribution in [2.45, 2.75) is 25.7 Å². The lowest BCUT2D eigenvalue weighted by molar-refractivity contribution is -0.140. The number of methoxy groups -OCH3 is 1. The van der Waals surface area contributed by atoms with Crippen molar-refractivity contribution < 1.29 is 9.53 Å². The van der Waals surface area contributed by atoms with Crippen molar-refractivity contribution in [1.82, 2.24) is 0 Å². The van der Waals surface area contributed by atoms with Gasteiger partial charge in [0.25, 0.3) is 0 Å². The van der Waals surface area contributed by atoms with Gasteiger partial charge in [-0.25, -0.2) is 0 Å². The second-order valence-corrected chi connectivity index (χ2v) is 3.24. The van der Waals surface area contributed by atoms with Crippen molar-refractivity contribution in [2.75, 3.05) is 7.11 Å². The Kier molecular flexibility index (Phi) is 4.76. The van der Waals surface area contributed by atoms with Crippen molar-refractivity contribution in [3.05, 3.63) is 36.0 Å². The Morgan fingerprint density at radius 2 is 2.36 bits per heavy atom. The third-order valence-electron chi connectivity index (χ3n) is 2.12. The summed E-state index contributed by atoms with van der Waals surface area (Å²) in [7, 11) is 1.43. The fourth-order valence-electron chi connectivity index (χ4n) is 1.33. The molecule has 0 amide bonds. The third-order valence-corrected chi connectivity index (χ3v) is 2.12. The molecule has 0 unspecified atom stereocenters. The summed E-state index contributed by atoms with van der Waals surface area (Å²) in [4.78, 5) is 10.8. The van der Waals surface area contributed by atoms with Crippen LogP contribution in [0.1, 0.15) is 25.7 Å². The number of allylic oxidation sites excluding steroid dienone is 6. The van der Waals surface area contributed by atoms with Crippen LogP contribution in [0.4, 0.5) is 0 Å². The van der Waals surface area contributed by atoms with Crippen LogP contribution >= 0.6 is 0 Å². The summed E-state index contributed by atoms with van der Waals surface area (Å²) in [5.41, 5.74) is 1.28. The molecule has 0 saturated carbocycles. The molecule has 0 aromatic carbocycles. The molecule has 0 spiro atoms. The molecule has 0 bridgehead atoms. The highest BCUT2D eigenvalue weighted by Gasteiger charge is 2.00. The van der Waals surface area contributed by atoms with E-state index >= 15 is 0 Å². The lowest BCUT2D eigenvalue weighted by atomic mass is 10.1. The van der Waals surface area contributed by atoms with Crippen LogP contribution in [0.5, 0.6) is 0 Å². The van der Waals surface area contributed by atoms with Gasteiger partial charge in [0.2, 0.25) is 0 Å². The summed E-state index contributed by atoms with van der Waals surface area (Å²) >= 11 is 0. The van der Waals surface area contributed by atoms with Gasteiger partial charge in [-0.2, -0.15) is 0 Å². The zero-order chi connectivity index (χ0) is 10.2. The predicted molar refractivity (Wildman–Crippen MR) is 56.8 cm³/mol. The van der Waals surface area contributed by atoms with Crippen LogP contribution in [0.25, 0.3) is 0 Å². The Hall–Kier alpha value is -1.31. The van der Waals surface area contributed by atoms with Crippen LogP contribution in [-0.2, 0) is 9.53 Å². The van der Waals surface area contributed by atoms with Crippen molar-refractivity contribution in [3.8, 4) is 0 Å². The smallest absolute Gasteiger partial charge is 0.305 e. The molecule has 1 rings (SSSR count). The first-order valence-electron chi connectivity index (χ1n) is 4.92. The van der Waals surface area contributed by atoms with Crippen molar-refractivity contribution in [1.29, 1.82) is 0 Å². The van der Waals surface area contributed by atoms with E-state index in [1.165, 1.54) is 12.7 Å². The van der Waals surface area contributed by atoms with Crippen LogP contribution < -0.4 is 0 Å². The molecule has 0 fully saturated rings. The summed E-state index contributed by atoms with van der Waals surface area (Å²) in [6, 6.07) is 0. The molecule has 0 aliphatic heterocycles. The van der Waals surface area contributed by atoms with Gasteiger partial charge in [-0.05, 0) is 24.8 Å². The van der Waals surface area contributed by atoms with Gasteiger partial charge in [0.1, 0.15) is 0 Å². The molecule has 14 heavy (non-hydrogen) atoms. The van der Waals surface area contributed by atoms with E-state index in [1.807, 2.05) is 0 Å². The fraction of sp³-hybridized carbons (Fsp3) is 0.417. The largest absolute Gasteiger partial charge is 0.469 e. The first-order valence-corrected chi connectivity index (χ1v) is 4.92. The van der Waals surface area contributed by atoms with Gasteiger partial charge in [-0.3, -0.25) is 4.79 Å². The average molecular weight is 192 g/mol. The highest BCUT2D eigenvalue weighted by molar-refractivity contribution is 5.69. The summed E-state index contributed by atoms with van der Waals surface area (Å²) in [6.07, 6.45) is 13.8. The number of rotatable bonds is 4. The van der Waals surface area contributed by atoms with Crippen LogP contribution in [-0.4, -0.2) is 13.1 Å². The number of hydrogen-bond acceptors (Lipinski definition) is 2. The highest BCUT2D eigenvalue weighted by atomic mass is 16.5. The standard InChI is InChI=1S/C12H16O2/c1-14-12(13)10-6-9-11-7-4-2-3-5-8-11/h2,4-5,7-8H,3,6,9-10H2,1H3. The van der Waals surface area contributed by atoms with Crippen molar-refractivity contribution >= 4 is 5.97 Å². The maximum absolute atomic E-state index is 10.8. The molecule has 0 aromatic heterocycles. The SMILES string of the molecule is COC(=O)CCCC1=CC=CCC=C1. The lowest BCUT2D eigenvalue weighted by Crippen LogP contribution is -1.99. The second kappa shape index (κ2) is 6.19. The number of hydrogen-bond donors (Lipinski definition) is 0. The van der Waals surface area contributed by atoms with Crippen molar-refractivity contribution in [2.24, 2.45) is 0 Å². The summed E-state index contributed by atoms with van der Waals surface area (Å²) in [5.74, 6) is -0.126. The van der Waals surface area contributed by atoms with Gasteiger partial charge in [0, 0.05) is 6.42 Å². The van der Waals surface area contributed by atoms with E-state index in [9.17, 15) is 4.79 Å². The molecule has 1 aliphatic carbocycles. The van der Waals surface area contributed by atoms with E-state index in [0.717, 1.165) is 19.3 Å². The first-order chi connectivity index (χ1) is 6.83. The Morgan fingerprint density at radius 1 is 1.50 bits per heavy atom. The fourth-order valence-corrected chi connectivity index (χ4v) is 1.33. The van der Waals surface area contributed by atoms with E-state index in [-0.39, 0.29) is 5.97 Å². The molecule has 0 saturated heterocycles. The minimum absolute atomic E-state index is 0.126. The Morgan fingerprint density at radius 3 is 3.14 bits per heavy atom. The zero-order valence-electron chi connectivity index (χ0n) is 8.53. The molecule has 0 atom stereocenters. The molecule has 2 nitrogen and oxygen atoms in total. The number of esters is 1. The van der Waals surface area contributed by atoms with Crippen LogP contribution in [0.15, 0.2) is 36.0 Å². The maximum Gasteiger partial charge on any atom is 0.305 e. The van der Waals surface area contributed by atoms with Crippen molar-refractivity contribution in [3.63, 3.8) is 0 Å². The maximum atomic E-state index is 10.8. The molecular weight excluding hydrogens is 176 g/mol. The van der Waals surface area contributed by atoms with E-state index in [1.54, 1.807) is 0 Å². The molecule has 76 valence electrons. The minimum atomic E-state index is -0.126. The van der Waals surface area contributed by atoms with Gasteiger partial charge < -0.3 is 4.74 Å². The van der Waals surface area contributed by atoms with Gasteiger partial charge in [-0.15, -0.1) is 0 Å². The zero-order valence-corrected chi connectivity index (χ0v) is 8.53. The molecule has 0 N–H and O–H groups in total. The molecule has 0 heterocycles. The normalized spacial score (nSPS) is 14.8. The van der Waals surface area contributed by atoms with E-state index < -0.39 is 0 Å². The molecule has 0 radical (unpaired) electrons. The summed E-state index contributed by atoms with van der Waals surface area (Å²) < 4.78 is 4.57. The lowest BCUT2D eigenvalue weighted by Gasteiger charge is -2.00. The van der Waals surface area contributed by atoms with Crippen LogP contribution in [0, 0.1) is 0 Å². The number of ether oxygens (including phenoxy) is 1. The Bertz CT molecular complexity index is 272. The van der Waals surface area contributed by atoms with Crippen LogP contribution in [0.2, 0.25) is 0 Å². The second-order valence-electron chi connectivity index (χ2n) is 3.24. The molecule has 2 heteroatoms. The molecule has 1 aliphatic rings. The van der Waals surface area contributed by atoms with Gasteiger partial charge in [0.15, 0.2) is 0 Å². The van der Waals surface area contributed by atoms with E-state index in [2.05, 4.69) is 35.1 Å². The molecule has 0 aromatic rings. The molecular formula is C12H16O2. The number of carbonyl (C=O) groups excluding carboxylic acids is 1. The average Bonchev–Trinajstić information content (AvgIpc) is 2.46. The van der Waals surface area contributed by atoms with Crippen LogP contribution in [0.3, 0.4) is 0 Å². The predicted octanol–water partition coefficient (Wildman–Crippen LogP) is 2.77.